The van der Waals surface area contributed by atoms with E-state index in [0.717, 1.165) is 0 Å². The van der Waals surface area contributed by atoms with Gasteiger partial charge in [-0.25, -0.2) is 8.42 Å². The summed E-state index contributed by atoms with van der Waals surface area (Å²) in [7, 11) is -3.40. The minimum absolute atomic E-state index is 0.0564. The molecule has 19 heavy (non-hydrogen) atoms. The van der Waals surface area contributed by atoms with Gasteiger partial charge in [0.2, 0.25) is 0 Å². The normalized spacial score (nSPS) is 11.3. The maximum atomic E-state index is 12.1. The average molecular weight is 278 g/mol. The lowest BCUT2D eigenvalue weighted by Gasteiger charge is -2.21. The number of rotatable bonds is 4. The highest BCUT2D eigenvalue weighted by atomic mass is 32.2. The van der Waals surface area contributed by atoms with Crippen LogP contribution in [-0.4, -0.2) is 13.6 Å². The van der Waals surface area contributed by atoms with Crippen LogP contribution in [-0.2, 0) is 15.6 Å². The van der Waals surface area contributed by atoms with Crippen LogP contribution in [0.5, 0.6) is 0 Å². The summed E-state index contributed by atoms with van der Waals surface area (Å²) in [6, 6.07) is 13.9. The molecule has 1 N–H and O–H groups in total. The molecule has 6 heteroatoms. The largest absolute Gasteiger partial charge is 0.733 e. The van der Waals surface area contributed by atoms with Gasteiger partial charge in [-0.15, -0.1) is 0 Å². The molecule has 0 fully saturated rings. The topological polar surface area (TPSA) is 80.7 Å². The Morgan fingerprint density at radius 3 is 2.11 bits per heavy atom. The van der Waals surface area contributed by atoms with Crippen molar-refractivity contribution in [1.82, 2.24) is 0 Å². The molecule has 2 aromatic carbocycles. The van der Waals surface area contributed by atoms with Crippen molar-refractivity contribution >= 4 is 15.5 Å². The number of benzene rings is 2. The summed E-state index contributed by atoms with van der Waals surface area (Å²) in [6.07, 6.45) is 0. The second kappa shape index (κ2) is 5.40. The van der Waals surface area contributed by atoms with Crippen molar-refractivity contribution in [2.45, 2.75) is 10.6 Å². The van der Waals surface area contributed by atoms with Gasteiger partial charge in [0.15, 0.2) is 9.84 Å². The van der Waals surface area contributed by atoms with E-state index in [0.29, 0.717) is 5.56 Å². The zero-order valence-corrected chi connectivity index (χ0v) is 10.7. The van der Waals surface area contributed by atoms with Crippen molar-refractivity contribution < 1.29 is 13.6 Å². The molecule has 0 amide bonds. The van der Waals surface area contributed by atoms with Gasteiger partial charge in [0.1, 0.15) is 0 Å². The maximum Gasteiger partial charge on any atom is 0.182 e. The Bertz CT molecular complexity index is 636. The highest BCUT2D eigenvalue weighted by molar-refractivity contribution is 7.90. The first-order valence-electron chi connectivity index (χ1n) is 5.52. The Labute approximate surface area is 111 Å². The van der Waals surface area contributed by atoms with Gasteiger partial charge < -0.3 is 10.4 Å². The minimum Gasteiger partial charge on any atom is -0.733 e. The molecule has 2 rings (SSSR count). The number of anilines is 1. The molecule has 2 aromatic rings. The van der Waals surface area contributed by atoms with E-state index in [9.17, 15) is 13.6 Å². The van der Waals surface area contributed by atoms with Gasteiger partial charge in [-0.1, -0.05) is 30.3 Å². The molecule has 0 saturated carbocycles. The van der Waals surface area contributed by atoms with Gasteiger partial charge >= 0.3 is 0 Å². The molecular formula is C13H12NO4S-. The maximum absolute atomic E-state index is 12.1. The number of nitrogens with zero attached hydrogens (tertiary/aromatic N) is 1. The van der Waals surface area contributed by atoms with Crippen molar-refractivity contribution in [2.24, 2.45) is 0 Å². The molecule has 0 unspecified atom stereocenters. The molecule has 0 aliphatic heterocycles. The fraction of sp³-hybridized carbons (Fsp3) is 0.0769. The fourth-order valence-corrected chi connectivity index (χ4v) is 3.02. The summed E-state index contributed by atoms with van der Waals surface area (Å²) in [4.78, 5) is 0.256. The van der Waals surface area contributed by atoms with Crippen LogP contribution in [0.2, 0.25) is 0 Å². The van der Waals surface area contributed by atoms with Crippen molar-refractivity contribution in [3.05, 3.63) is 65.4 Å². The van der Waals surface area contributed by atoms with Crippen molar-refractivity contribution in [2.75, 3.05) is 5.23 Å². The van der Waals surface area contributed by atoms with E-state index in [-0.39, 0.29) is 21.6 Å². The molecule has 0 atom stereocenters. The standard InChI is InChI=1S/C13H12NO4S/c15-14(16)12-8-6-11(7-9-12)10-19(17,18)13-4-2-1-3-5-13/h1-9,15H,10H2/q-1. The van der Waals surface area contributed by atoms with Crippen LogP contribution in [0.3, 0.4) is 0 Å². The minimum atomic E-state index is -3.40. The van der Waals surface area contributed by atoms with E-state index in [1.807, 2.05) is 0 Å². The third-order valence-electron chi connectivity index (χ3n) is 2.62. The summed E-state index contributed by atoms with van der Waals surface area (Å²) < 4.78 is 24.2. The predicted octanol–water partition coefficient (Wildman–Crippen LogP) is 2.35. The van der Waals surface area contributed by atoms with Gasteiger partial charge in [0, 0.05) is 0 Å². The Balaban J connectivity index is 2.21. The Morgan fingerprint density at radius 1 is 1.00 bits per heavy atom. The third kappa shape index (κ3) is 3.31. The number of hydrogen-bond acceptors (Lipinski definition) is 5. The van der Waals surface area contributed by atoms with Crippen molar-refractivity contribution in [3.8, 4) is 0 Å². The van der Waals surface area contributed by atoms with Crippen LogP contribution >= 0.6 is 0 Å². The molecule has 0 saturated heterocycles. The molecule has 0 aromatic heterocycles. The molecule has 5 nitrogen and oxygen atoms in total. The van der Waals surface area contributed by atoms with Crippen LogP contribution in [0.25, 0.3) is 0 Å². The van der Waals surface area contributed by atoms with Crippen LogP contribution < -0.4 is 5.23 Å². The summed E-state index contributed by atoms with van der Waals surface area (Å²) in [6.45, 7) is 0. The quantitative estimate of drug-likeness (QED) is 0.868. The van der Waals surface area contributed by atoms with Crippen LogP contribution in [0.15, 0.2) is 59.5 Å². The average Bonchev–Trinajstić information content (AvgIpc) is 2.40. The SMILES string of the molecule is O=S(=O)(Cc1ccc(N([O-])O)cc1)c1ccccc1. The van der Waals surface area contributed by atoms with E-state index in [1.54, 1.807) is 18.2 Å². The van der Waals surface area contributed by atoms with Crippen LogP contribution in [0, 0.1) is 5.21 Å². The van der Waals surface area contributed by atoms with E-state index >= 15 is 0 Å². The second-order valence-electron chi connectivity index (χ2n) is 4.01. The molecule has 0 bridgehead atoms. The van der Waals surface area contributed by atoms with Gasteiger partial charge in [-0.2, -0.15) is 0 Å². The van der Waals surface area contributed by atoms with Crippen molar-refractivity contribution in [3.63, 3.8) is 0 Å². The number of hydrogen-bond donors (Lipinski definition) is 1. The summed E-state index contributed by atoms with van der Waals surface area (Å²) in [5.41, 5.74) is 0.607. The molecule has 0 aliphatic carbocycles. The van der Waals surface area contributed by atoms with E-state index in [1.165, 1.54) is 36.4 Å². The second-order valence-corrected chi connectivity index (χ2v) is 6.00. The molecule has 0 radical (unpaired) electrons. The van der Waals surface area contributed by atoms with E-state index in [2.05, 4.69) is 0 Å². The Hall–Kier alpha value is -1.89. The molecular weight excluding hydrogens is 266 g/mol. The lowest BCUT2D eigenvalue weighted by atomic mass is 10.2. The van der Waals surface area contributed by atoms with Gasteiger partial charge in [0.25, 0.3) is 0 Å². The lowest BCUT2D eigenvalue weighted by molar-refractivity contribution is 0.296. The molecule has 0 spiro atoms. The first-order valence-corrected chi connectivity index (χ1v) is 7.17. The zero-order chi connectivity index (χ0) is 13.9. The Kier molecular flexibility index (Phi) is 3.84. The first kappa shape index (κ1) is 13.5. The molecule has 0 aliphatic rings. The Morgan fingerprint density at radius 2 is 1.58 bits per heavy atom. The smallest absolute Gasteiger partial charge is 0.182 e. The van der Waals surface area contributed by atoms with Crippen molar-refractivity contribution in [1.29, 1.82) is 0 Å². The van der Waals surface area contributed by atoms with Gasteiger partial charge in [0.05, 0.1) is 16.3 Å². The summed E-state index contributed by atoms with van der Waals surface area (Å²) >= 11 is 0. The highest BCUT2D eigenvalue weighted by Crippen LogP contribution is 2.18. The zero-order valence-electron chi connectivity index (χ0n) is 9.93. The monoisotopic (exact) mass is 278 g/mol. The fourth-order valence-electron chi connectivity index (χ4n) is 1.65. The van der Waals surface area contributed by atoms with E-state index < -0.39 is 9.84 Å². The van der Waals surface area contributed by atoms with Crippen LogP contribution in [0.1, 0.15) is 5.56 Å². The van der Waals surface area contributed by atoms with Gasteiger partial charge in [-0.3, -0.25) is 5.21 Å². The predicted molar refractivity (Wildman–Crippen MR) is 71.4 cm³/mol. The third-order valence-corrected chi connectivity index (χ3v) is 4.32. The molecule has 100 valence electrons. The first-order chi connectivity index (χ1) is 8.99. The number of sulfone groups is 1. The van der Waals surface area contributed by atoms with Crippen LogP contribution in [0.4, 0.5) is 5.69 Å². The van der Waals surface area contributed by atoms with Gasteiger partial charge in [-0.05, 0) is 29.8 Å². The summed E-state index contributed by atoms with van der Waals surface area (Å²) in [5, 5.41) is 19.0. The molecule has 0 heterocycles. The van der Waals surface area contributed by atoms with E-state index in [4.69, 9.17) is 5.21 Å². The highest BCUT2D eigenvalue weighted by Gasteiger charge is 2.14. The lowest BCUT2D eigenvalue weighted by Crippen LogP contribution is -2.08. The summed E-state index contributed by atoms with van der Waals surface area (Å²) in [5.74, 6) is -0.151.